The lowest BCUT2D eigenvalue weighted by Crippen LogP contribution is -2.38. The number of piperidine rings is 1. The van der Waals surface area contributed by atoms with Crippen LogP contribution in [0.2, 0.25) is 5.02 Å². The van der Waals surface area contributed by atoms with Crippen molar-refractivity contribution in [2.24, 2.45) is 10.9 Å². The van der Waals surface area contributed by atoms with Crippen molar-refractivity contribution >= 4 is 45.2 Å². The van der Waals surface area contributed by atoms with E-state index in [0.717, 1.165) is 5.69 Å². The van der Waals surface area contributed by atoms with Crippen molar-refractivity contribution in [3.8, 4) is 6.07 Å². The monoisotopic (exact) mass is 406 g/mol. The third kappa shape index (κ3) is 4.86. The second-order valence-electron chi connectivity index (χ2n) is 6.32. The van der Waals surface area contributed by atoms with Crippen LogP contribution in [0, 0.1) is 17.2 Å². The highest BCUT2D eigenvalue weighted by molar-refractivity contribution is 7.88. The summed E-state index contributed by atoms with van der Waals surface area (Å²) in [6, 6.07) is 9.23. The molecule has 2 heterocycles. The number of H-pyrrole nitrogens is 1. The number of nitriles is 1. The second-order valence-corrected chi connectivity index (χ2v) is 8.74. The van der Waals surface area contributed by atoms with E-state index in [0.29, 0.717) is 48.2 Å². The molecule has 1 aromatic heterocycles. The van der Waals surface area contributed by atoms with Crippen LogP contribution in [0.3, 0.4) is 0 Å². The third-order valence-electron chi connectivity index (χ3n) is 4.33. The Labute approximate surface area is 162 Å². The van der Waals surface area contributed by atoms with Gasteiger partial charge in [-0.3, -0.25) is 5.10 Å². The molecular formula is C17H19ClN6O2S. The molecular weight excluding hydrogens is 388 g/mol. The van der Waals surface area contributed by atoms with Crippen molar-refractivity contribution in [1.82, 2.24) is 14.5 Å². The van der Waals surface area contributed by atoms with Crippen LogP contribution >= 0.6 is 11.6 Å². The number of benzene rings is 1. The van der Waals surface area contributed by atoms with Gasteiger partial charge in [0.15, 0.2) is 5.82 Å². The van der Waals surface area contributed by atoms with Crippen LogP contribution in [0.5, 0.6) is 0 Å². The van der Waals surface area contributed by atoms with Gasteiger partial charge in [0.25, 0.3) is 0 Å². The van der Waals surface area contributed by atoms with Crippen LogP contribution in [0.1, 0.15) is 18.4 Å². The highest BCUT2D eigenvalue weighted by Crippen LogP contribution is 2.27. The zero-order valence-corrected chi connectivity index (χ0v) is 16.3. The van der Waals surface area contributed by atoms with E-state index in [2.05, 4.69) is 26.6 Å². The molecule has 0 bridgehead atoms. The number of anilines is 2. The van der Waals surface area contributed by atoms with Gasteiger partial charge in [0.2, 0.25) is 10.0 Å². The van der Waals surface area contributed by atoms with Crippen LogP contribution in [0.15, 0.2) is 29.3 Å². The molecule has 0 unspecified atom stereocenters. The SMILES string of the molecule is CS(=O)(=O)N1CCC(C=Nc2n[nH]c(Nc3cccc(Cl)c3)c2C#N)CC1. The van der Waals surface area contributed by atoms with Crippen molar-refractivity contribution in [2.45, 2.75) is 12.8 Å². The Bertz CT molecular complexity index is 987. The van der Waals surface area contributed by atoms with Crippen molar-refractivity contribution < 1.29 is 8.42 Å². The van der Waals surface area contributed by atoms with Crippen LogP contribution in [0.4, 0.5) is 17.3 Å². The minimum Gasteiger partial charge on any atom is -0.339 e. The fourth-order valence-electron chi connectivity index (χ4n) is 2.87. The first-order valence-corrected chi connectivity index (χ1v) is 10.6. The molecule has 10 heteroatoms. The van der Waals surface area contributed by atoms with Crippen molar-refractivity contribution in [3.05, 3.63) is 34.9 Å². The van der Waals surface area contributed by atoms with Gasteiger partial charge in [0.05, 0.1) is 6.26 Å². The molecule has 1 fully saturated rings. The number of sulfonamides is 1. The van der Waals surface area contributed by atoms with E-state index >= 15 is 0 Å². The number of halogens is 1. The van der Waals surface area contributed by atoms with E-state index in [-0.39, 0.29) is 5.92 Å². The molecule has 2 aromatic rings. The number of hydrogen-bond acceptors (Lipinski definition) is 6. The Morgan fingerprint density at radius 1 is 1.44 bits per heavy atom. The molecule has 1 aromatic carbocycles. The molecule has 1 saturated heterocycles. The van der Waals surface area contributed by atoms with Crippen molar-refractivity contribution in [2.75, 3.05) is 24.7 Å². The molecule has 1 aliphatic heterocycles. The molecule has 0 atom stereocenters. The average molecular weight is 407 g/mol. The lowest BCUT2D eigenvalue weighted by molar-refractivity contribution is 0.320. The summed E-state index contributed by atoms with van der Waals surface area (Å²) in [5.41, 5.74) is 1.03. The first kappa shape index (κ1) is 19.4. The van der Waals surface area contributed by atoms with Gasteiger partial charge in [-0.2, -0.15) is 10.4 Å². The van der Waals surface area contributed by atoms with E-state index in [1.165, 1.54) is 10.6 Å². The zero-order chi connectivity index (χ0) is 19.4. The lowest BCUT2D eigenvalue weighted by Gasteiger charge is -2.28. The molecule has 2 N–H and O–H groups in total. The van der Waals surface area contributed by atoms with Gasteiger partial charge in [-0.1, -0.05) is 17.7 Å². The van der Waals surface area contributed by atoms with Gasteiger partial charge in [-0.15, -0.1) is 0 Å². The fourth-order valence-corrected chi connectivity index (χ4v) is 3.93. The Morgan fingerprint density at radius 2 is 2.19 bits per heavy atom. The fraction of sp³-hybridized carbons (Fsp3) is 0.353. The minimum atomic E-state index is -3.15. The molecule has 142 valence electrons. The van der Waals surface area contributed by atoms with Crippen LogP contribution in [-0.4, -0.2) is 48.5 Å². The summed E-state index contributed by atoms with van der Waals surface area (Å²) in [6.45, 7) is 0.950. The van der Waals surface area contributed by atoms with Crippen LogP contribution < -0.4 is 5.32 Å². The summed E-state index contributed by atoms with van der Waals surface area (Å²) >= 11 is 5.97. The Morgan fingerprint density at radius 3 is 2.81 bits per heavy atom. The molecule has 0 spiro atoms. The smallest absolute Gasteiger partial charge is 0.211 e. The number of aromatic nitrogens is 2. The van der Waals surface area contributed by atoms with Crippen LogP contribution in [0.25, 0.3) is 0 Å². The minimum absolute atomic E-state index is 0.149. The number of hydrogen-bond donors (Lipinski definition) is 2. The van der Waals surface area contributed by atoms with E-state index in [1.807, 2.05) is 6.07 Å². The van der Waals surface area contributed by atoms with Crippen molar-refractivity contribution in [1.29, 1.82) is 5.26 Å². The van der Waals surface area contributed by atoms with Crippen molar-refractivity contribution in [3.63, 3.8) is 0 Å². The molecule has 3 rings (SSSR count). The summed E-state index contributed by atoms with van der Waals surface area (Å²) in [6.07, 6.45) is 4.35. The lowest BCUT2D eigenvalue weighted by atomic mass is 10.00. The normalized spacial score (nSPS) is 16.5. The summed E-state index contributed by atoms with van der Waals surface area (Å²) in [4.78, 5) is 4.34. The van der Waals surface area contributed by atoms with Gasteiger partial charge in [-0.05, 0) is 37.0 Å². The standard InChI is InChI=1S/C17H19ClN6O2S/c1-27(25,26)24-7-5-12(6-8-24)11-20-16-15(10-19)17(23-22-16)21-14-4-2-3-13(18)9-14/h2-4,9,11-12H,5-8H2,1H3,(H2,21,22,23). The van der Waals surface area contributed by atoms with E-state index < -0.39 is 10.0 Å². The molecule has 8 nitrogen and oxygen atoms in total. The van der Waals surface area contributed by atoms with Gasteiger partial charge >= 0.3 is 0 Å². The topological polar surface area (TPSA) is 114 Å². The summed E-state index contributed by atoms with van der Waals surface area (Å²) in [5.74, 6) is 0.891. The predicted octanol–water partition coefficient (Wildman–Crippen LogP) is 3.05. The maximum Gasteiger partial charge on any atom is 0.211 e. The Balaban J connectivity index is 1.69. The Hall–Kier alpha value is -2.41. The predicted molar refractivity (Wildman–Crippen MR) is 105 cm³/mol. The molecule has 1 aliphatic rings. The third-order valence-corrected chi connectivity index (χ3v) is 5.87. The molecule has 27 heavy (non-hydrogen) atoms. The highest BCUT2D eigenvalue weighted by Gasteiger charge is 2.24. The van der Waals surface area contributed by atoms with Gasteiger partial charge < -0.3 is 5.32 Å². The summed E-state index contributed by atoms with van der Waals surface area (Å²) < 4.78 is 24.6. The number of aromatic amines is 1. The molecule has 0 aliphatic carbocycles. The van der Waals surface area contributed by atoms with Crippen LogP contribution in [-0.2, 0) is 10.0 Å². The summed E-state index contributed by atoms with van der Waals surface area (Å²) in [7, 11) is -3.15. The van der Waals surface area contributed by atoms with E-state index in [9.17, 15) is 13.7 Å². The molecule has 0 radical (unpaired) electrons. The quantitative estimate of drug-likeness (QED) is 0.740. The maximum atomic E-state index is 11.6. The number of nitrogens with zero attached hydrogens (tertiary/aromatic N) is 4. The average Bonchev–Trinajstić information content (AvgIpc) is 3.01. The first-order chi connectivity index (χ1) is 12.9. The molecule has 0 amide bonds. The Kier molecular flexibility index (Phi) is 5.79. The molecule has 0 saturated carbocycles. The van der Waals surface area contributed by atoms with Gasteiger partial charge in [0, 0.05) is 30.0 Å². The summed E-state index contributed by atoms with van der Waals surface area (Å²) in [5, 5.41) is 20.0. The second kappa shape index (κ2) is 8.08. The van der Waals surface area contributed by atoms with E-state index in [4.69, 9.17) is 11.6 Å². The maximum absolute atomic E-state index is 11.6. The largest absolute Gasteiger partial charge is 0.339 e. The highest BCUT2D eigenvalue weighted by atomic mass is 35.5. The number of nitrogens with one attached hydrogen (secondary N) is 2. The number of aliphatic imine (C=N–C) groups is 1. The van der Waals surface area contributed by atoms with Gasteiger partial charge in [0.1, 0.15) is 17.5 Å². The zero-order valence-electron chi connectivity index (χ0n) is 14.7. The first-order valence-electron chi connectivity index (χ1n) is 8.37. The van der Waals surface area contributed by atoms with Gasteiger partial charge in [-0.25, -0.2) is 17.7 Å². The van der Waals surface area contributed by atoms with E-state index in [1.54, 1.807) is 24.4 Å². The number of rotatable bonds is 5.